The summed E-state index contributed by atoms with van der Waals surface area (Å²) in [6.45, 7) is 3.61. The third-order valence-corrected chi connectivity index (χ3v) is 8.62. The van der Waals surface area contributed by atoms with Gasteiger partial charge >= 0.3 is 23.9 Å². The highest BCUT2D eigenvalue weighted by atomic mass is 19.1. The van der Waals surface area contributed by atoms with Gasteiger partial charge in [0.1, 0.15) is 17.5 Å². The van der Waals surface area contributed by atoms with Crippen molar-refractivity contribution in [3.8, 4) is 5.69 Å². The highest BCUT2D eigenvalue weighted by Crippen LogP contribution is 2.39. The van der Waals surface area contributed by atoms with Crippen LogP contribution in [0, 0.1) is 5.41 Å². The van der Waals surface area contributed by atoms with Crippen molar-refractivity contribution < 1.29 is 48.5 Å². The van der Waals surface area contributed by atoms with E-state index in [0.29, 0.717) is 42.2 Å². The summed E-state index contributed by atoms with van der Waals surface area (Å²) >= 11 is 0. The van der Waals surface area contributed by atoms with Gasteiger partial charge < -0.3 is 20.6 Å². The normalized spacial score (nSPS) is 15.9. The van der Waals surface area contributed by atoms with Gasteiger partial charge in [0.2, 0.25) is 11.8 Å². The molecule has 0 bridgehead atoms. The highest BCUT2D eigenvalue weighted by molar-refractivity contribution is 6.21. The molecule has 2 aromatic rings. The maximum Gasteiger partial charge on any atom is 0.335 e. The van der Waals surface area contributed by atoms with Crippen LogP contribution >= 0.6 is 0 Å². The number of carbonyl (C=O) groups is 6. The number of carboxylic acid groups (broad SMARTS) is 3. The lowest BCUT2D eigenvalue weighted by atomic mass is 9.77. The van der Waals surface area contributed by atoms with Crippen LogP contribution in [0.4, 0.5) is 9.18 Å². The molecule has 4 amide bonds. The van der Waals surface area contributed by atoms with Crippen LogP contribution in [-0.4, -0.2) is 108 Å². The summed E-state index contributed by atoms with van der Waals surface area (Å²) in [6, 6.07) is 2.66. The van der Waals surface area contributed by atoms with Crippen molar-refractivity contribution in [2.45, 2.75) is 83.7 Å². The molecule has 1 aromatic heterocycles. The number of unbranched alkanes of at least 4 members (excludes halogenated alkanes) is 1. The third-order valence-electron chi connectivity index (χ3n) is 8.62. The summed E-state index contributed by atoms with van der Waals surface area (Å²) in [7, 11) is 0. The van der Waals surface area contributed by atoms with Crippen molar-refractivity contribution in [3.05, 3.63) is 47.8 Å². The van der Waals surface area contributed by atoms with Crippen molar-refractivity contribution >= 4 is 41.8 Å². The van der Waals surface area contributed by atoms with Gasteiger partial charge in [0.15, 0.2) is 0 Å². The summed E-state index contributed by atoms with van der Waals surface area (Å²) in [6.07, 6.45) is 5.63. The lowest BCUT2D eigenvalue weighted by Crippen LogP contribution is -2.70. The zero-order valence-corrected chi connectivity index (χ0v) is 27.6. The fraction of sp³-hybridized carbons (Fsp3) is 0.515. The van der Waals surface area contributed by atoms with Crippen LogP contribution in [-0.2, 0) is 30.4 Å². The number of hydrogen-bond donors (Lipinski definition) is 4. The minimum atomic E-state index is -1.89. The van der Waals surface area contributed by atoms with Gasteiger partial charge in [0.25, 0.3) is 0 Å². The van der Waals surface area contributed by atoms with Crippen molar-refractivity contribution in [3.63, 3.8) is 0 Å². The second-order valence-electron chi connectivity index (χ2n) is 11.7. The molecule has 4 N–H and O–H groups in total. The number of aliphatic carboxylic acids is 3. The van der Waals surface area contributed by atoms with Gasteiger partial charge in [-0.15, -0.1) is 5.10 Å². The number of aromatic nitrogens is 3. The largest absolute Gasteiger partial charge is 0.481 e. The van der Waals surface area contributed by atoms with Crippen molar-refractivity contribution in [2.24, 2.45) is 5.41 Å². The topological polar surface area (TPSA) is 212 Å². The molecule has 0 spiro atoms. The zero-order chi connectivity index (χ0) is 36.1. The van der Waals surface area contributed by atoms with Gasteiger partial charge in [-0.2, -0.15) is 0 Å². The van der Waals surface area contributed by atoms with Crippen LogP contribution in [0.25, 0.3) is 11.8 Å². The second-order valence-corrected chi connectivity index (χ2v) is 11.7. The first kappa shape index (κ1) is 38.5. The van der Waals surface area contributed by atoms with E-state index in [0.717, 1.165) is 16.9 Å². The number of aryl methyl sites for hydroxylation is 1. The van der Waals surface area contributed by atoms with E-state index >= 15 is 0 Å². The molecule has 1 fully saturated rings. The number of halogens is 1. The van der Waals surface area contributed by atoms with Gasteiger partial charge in [-0.05, 0) is 75.6 Å². The Morgan fingerprint density at radius 1 is 0.918 bits per heavy atom. The molecule has 16 heteroatoms. The molecule has 0 aliphatic carbocycles. The van der Waals surface area contributed by atoms with E-state index in [1.165, 1.54) is 13.8 Å². The quantitative estimate of drug-likeness (QED) is 0.110. The van der Waals surface area contributed by atoms with Gasteiger partial charge in [-0.3, -0.25) is 18.8 Å². The number of rotatable bonds is 21. The van der Waals surface area contributed by atoms with Crippen molar-refractivity contribution in [2.75, 3.05) is 19.8 Å². The number of imide groups is 2. The molecule has 1 unspecified atom stereocenters. The van der Waals surface area contributed by atoms with Crippen LogP contribution in [0.2, 0.25) is 0 Å². The number of alkyl halides is 1. The predicted octanol–water partition coefficient (Wildman–Crippen LogP) is 3.31. The van der Waals surface area contributed by atoms with Crippen molar-refractivity contribution in [1.29, 1.82) is 0 Å². The van der Waals surface area contributed by atoms with E-state index in [2.05, 4.69) is 15.6 Å². The van der Waals surface area contributed by atoms with E-state index in [-0.39, 0.29) is 25.7 Å². The van der Waals surface area contributed by atoms with E-state index in [4.69, 9.17) is 5.11 Å². The average molecular weight is 687 g/mol. The summed E-state index contributed by atoms with van der Waals surface area (Å²) in [5, 5.41) is 40.3. The molecule has 15 nitrogen and oxygen atoms in total. The van der Waals surface area contributed by atoms with E-state index in [1.807, 2.05) is 36.4 Å². The maximum atomic E-state index is 13.6. The zero-order valence-electron chi connectivity index (χ0n) is 27.6. The van der Waals surface area contributed by atoms with E-state index in [1.54, 1.807) is 10.9 Å². The number of carbonyl (C=O) groups excluding carboxylic acids is 3. The monoisotopic (exact) mass is 686 g/mol. The van der Waals surface area contributed by atoms with E-state index < -0.39 is 72.8 Å². The summed E-state index contributed by atoms with van der Waals surface area (Å²) in [5.41, 5.74) is 0.607. The second kappa shape index (κ2) is 18.0. The number of carboxylic acids is 3. The van der Waals surface area contributed by atoms with Crippen LogP contribution < -0.4 is 5.32 Å². The molecular weight excluding hydrogens is 643 g/mol. The number of nitrogens with zero attached hydrogens (tertiary/aromatic N) is 5. The van der Waals surface area contributed by atoms with Crippen molar-refractivity contribution in [1.82, 2.24) is 30.1 Å². The molecule has 0 radical (unpaired) electrons. The number of benzene rings is 1. The smallest absolute Gasteiger partial charge is 0.335 e. The Kier molecular flexibility index (Phi) is 14.1. The lowest BCUT2D eigenvalue weighted by Gasteiger charge is -2.46. The predicted molar refractivity (Wildman–Crippen MR) is 173 cm³/mol. The standard InChI is InChI=1S/C33H43FN6O9/c1-3-33(4-2)30(47)39(32(49)40(31(33)48)26(29(45)46)16-17-27(41)42)25(28(43)44)11-5-6-19-35-20-8-9-22-12-14-24(15-13-22)38-21-23(36-37-38)10-7-18-34/h8-9,12-15,21,25-26,35H,3-7,10-11,16-20H2,1-2H3,(H,41,42)(H,43,44)(H,45,46)/b9-8+/t25-,26?/m0/s1. The van der Waals surface area contributed by atoms with Gasteiger partial charge in [-0.25, -0.2) is 28.9 Å². The van der Waals surface area contributed by atoms with Gasteiger partial charge in [0.05, 0.1) is 24.3 Å². The first-order chi connectivity index (χ1) is 23.4. The molecule has 1 aliphatic rings. The molecule has 266 valence electrons. The first-order valence-corrected chi connectivity index (χ1v) is 16.2. The third kappa shape index (κ3) is 9.34. The summed E-state index contributed by atoms with van der Waals surface area (Å²) < 4.78 is 14.0. The van der Waals surface area contributed by atoms with E-state index in [9.17, 15) is 43.4 Å². The van der Waals surface area contributed by atoms with Gasteiger partial charge in [0, 0.05) is 13.0 Å². The van der Waals surface area contributed by atoms with Crippen LogP contribution in [0.1, 0.15) is 76.5 Å². The molecule has 1 aromatic carbocycles. The minimum absolute atomic E-state index is 0.119. The molecule has 1 saturated heterocycles. The van der Waals surface area contributed by atoms with Crippen LogP contribution in [0.3, 0.4) is 0 Å². The maximum absolute atomic E-state index is 13.6. The average Bonchev–Trinajstić information content (AvgIpc) is 3.55. The summed E-state index contributed by atoms with van der Waals surface area (Å²) in [5.74, 6) is -6.56. The minimum Gasteiger partial charge on any atom is -0.481 e. The Bertz CT molecular complexity index is 1520. The Balaban J connectivity index is 1.58. The molecule has 49 heavy (non-hydrogen) atoms. The highest BCUT2D eigenvalue weighted by Gasteiger charge is 2.59. The molecule has 1 aliphatic heterocycles. The Morgan fingerprint density at radius 2 is 1.53 bits per heavy atom. The fourth-order valence-electron chi connectivity index (χ4n) is 5.73. The molecule has 2 atom stereocenters. The van der Waals surface area contributed by atoms with Crippen LogP contribution in [0.15, 0.2) is 36.5 Å². The number of barbiturate groups is 1. The number of hydrogen-bond acceptors (Lipinski definition) is 9. The molecule has 0 saturated carbocycles. The van der Waals surface area contributed by atoms with Gasteiger partial charge in [-0.1, -0.05) is 43.3 Å². The number of amides is 4. The van der Waals surface area contributed by atoms with Crippen LogP contribution in [0.5, 0.6) is 0 Å². The summed E-state index contributed by atoms with van der Waals surface area (Å²) in [4.78, 5) is 77.2. The number of nitrogens with one attached hydrogen (secondary N) is 1. The Morgan fingerprint density at radius 3 is 2.08 bits per heavy atom. The Labute approximate surface area is 282 Å². The SMILES string of the molecule is CCC1(CC)C(=O)N(C(CCC(=O)O)C(=O)O)C(=O)N([C@@H](CCCCNC/C=C/c2ccc(-n3cc(CCCF)nn3)cc2)C(=O)O)C1=O. The molecule has 2 heterocycles. The number of urea groups is 1. The fourth-order valence-corrected chi connectivity index (χ4v) is 5.73. The molecule has 3 rings (SSSR count). The first-order valence-electron chi connectivity index (χ1n) is 16.2. The lowest BCUT2D eigenvalue weighted by molar-refractivity contribution is -0.170. The Hall–Kier alpha value is -4.99. The molecular formula is C33H43FN6O9.